The zero-order valence-corrected chi connectivity index (χ0v) is 32.6. The second-order valence-electron chi connectivity index (χ2n) is 18.5. The summed E-state index contributed by atoms with van der Waals surface area (Å²) in [6.45, 7) is 4.77. The van der Waals surface area contributed by atoms with Crippen molar-refractivity contribution < 1.29 is 4.42 Å². The van der Waals surface area contributed by atoms with E-state index in [2.05, 4.69) is 170 Å². The van der Waals surface area contributed by atoms with Gasteiger partial charge in [-0.05, 0) is 148 Å². The van der Waals surface area contributed by atoms with Gasteiger partial charge in [-0.15, -0.1) is 0 Å². The Morgan fingerprint density at radius 3 is 1.88 bits per heavy atom. The van der Waals surface area contributed by atoms with Gasteiger partial charge in [0.25, 0.3) is 0 Å². The van der Waals surface area contributed by atoms with Crippen molar-refractivity contribution in [3.8, 4) is 33.4 Å². The monoisotopic (exact) mass is 735 g/mol. The Labute approximate surface area is 334 Å². The molecule has 4 bridgehead atoms. The molecule has 0 radical (unpaired) electrons. The van der Waals surface area contributed by atoms with Gasteiger partial charge in [0.15, 0.2) is 5.58 Å². The van der Waals surface area contributed by atoms with Crippen LogP contribution in [-0.2, 0) is 10.8 Å². The van der Waals surface area contributed by atoms with Crippen molar-refractivity contribution in [1.29, 1.82) is 0 Å². The van der Waals surface area contributed by atoms with Crippen LogP contribution in [0.25, 0.3) is 55.3 Å². The third-order valence-electron chi connectivity index (χ3n) is 15.4. The zero-order chi connectivity index (χ0) is 37.6. The highest BCUT2D eigenvalue weighted by Crippen LogP contribution is 2.69. The number of hydrogen-bond acceptors (Lipinski definition) is 2. The molecule has 0 saturated heterocycles. The highest BCUT2D eigenvalue weighted by atomic mass is 16.3. The van der Waals surface area contributed by atoms with Gasteiger partial charge >= 0.3 is 0 Å². The van der Waals surface area contributed by atoms with E-state index in [9.17, 15) is 0 Å². The fourth-order valence-electron chi connectivity index (χ4n) is 13.5. The Hall–Kier alpha value is -5.86. The predicted octanol–water partition coefficient (Wildman–Crippen LogP) is 14.8. The third-order valence-corrected chi connectivity index (χ3v) is 15.4. The molecular weight excluding hydrogens is 691 g/mol. The number of hydrogen-bond donors (Lipinski definition) is 0. The molecule has 0 amide bonds. The van der Waals surface area contributed by atoms with Crippen molar-refractivity contribution in [2.45, 2.75) is 56.8 Å². The molecule has 1 spiro atoms. The van der Waals surface area contributed by atoms with Crippen molar-refractivity contribution in [3.05, 3.63) is 174 Å². The van der Waals surface area contributed by atoms with Crippen molar-refractivity contribution in [1.82, 2.24) is 0 Å². The van der Waals surface area contributed by atoms with Gasteiger partial charge in [0.2, 0.25) is 0 Å². The molecule has 1 heterocycles. The molecule has 2 heteroatoms. The first-order chi connectivity index (χ1) is 28.0. The van der Waals surface area contributed by atoms with Crippen LogP contribution in [0, 0.1) is 23.7 Å². The lowest BCUT2D eigenvalue weighted by molar-refractivity contribution is -0.0399. The van der Waals surface area contributed by atoms with Crippen molar-refractivity contribution in [2.75, 3.05) is 4.90 Å². The molecule has 6 aliphatic rings. The lowest BCUT2D eigenvalue weighted by atomic mass is 9.43. The summed E-state index contributed by atoms with van der Waals surface area (Å²) in [5.74, 6) is 3.23. The molecule has 4 fully saturated rings. The van der Waals surface area contributed by atoms with Gasteiger partial charge in [0.1, 0.15) is 5.58 Å². The lowest BCUT2D eigenvalue weighted by Crippen LogP contribution is -2.55. The van der Waals surface area contributed by atoms with E-state index in [1.165, 1.54) is 82.3 Å². The van der Waals surface area contributed by atoms with Crippen LogP contribution in [0.5, 0.6) is 0 Å². The van der Waals surface area contributed by atoms with Gasteiger partial charge in [-0.1, -0.05) is 129 Å². The molecule has 7 aromatic carbocycles. The minimum absolute atomic E-state index is 0.0833. The first kappa shape index (κ1) is 32.2. The SMILES string of the molecule is CC1(C)c2ccccc2-c2cccc(-c3ccc(N(c4ccc5c(c4)C4(c6ccccc6-5)C5CC6CC(C5)CC4C6)c4cccc5c4oc4ccccc45)cc3)c21. The third kappa shape index (κ3) is 4.21. The van der Waals surface area contributed by atoms with E-state index in [4.69, 9.17) is 4.42 Å². The summed E-state index contributed by atoms with van der Waals surface area (Å²) in [5, 5.41) is 2.31. The van der Waals surface area contributed by atoms with Crippen molar-refractivity contribution in [3.63, 3.8) is 0 Å². The minimum atomic E-state index is -0.0833. The molecule has 4 saturated carbocycles. The van der Waals surface area contributed by atoms with E-state index >= 15 is 0 Å². The largest absolute Gasteiger partial charge is 0.454 e. The Bertz CT molecular complexity index is 2930. The van der Waals surface area contributed by atoms with Gasteiger partial charge in [-0.25, -0.2) is 0 Å². The van der Waals surface area contributed by atoms with Crippen LogP contribution >= 0.6 is 0 Å². The fourth-order valence-corrected chi connectivity index (χ4v) is 13.5. The molecule has 0 atom stereocenters. The number of furan rings is 1. The molecule has 0 unspecified atom stereocenters. The van der Waals surface area contributed by atoms with Crippen LogP contribution in [0.1, 0.15) is 68.2 Å². The van der Waals surface area contributed by atoms with E-state index in [0.29, 0.717) is 11.8 Å². The number of rotatable bonds is 4. The number of nitrogens with zero attached hydrogens (tertiary/aromatic N) is 1. The summed E-state index contributed by atoms with van der Waals surface area (Å²) in [4.78, 5) is 2.48. The topological polar surface area (TPSA) is 16.4 Å². The summed E-state index contributed by atoms with van der Waals surface area (Å²) in [7, 11) is 0. The number of para-hydroxylation sites is 2. The van der Waals surface area contributed by atoms with Gasteiger partial charge in [0, 0.05) is 33.0 Å². The summed E-state index contributed by atoms with van der Waals surface area (Å²) in [6.07, 6.45) is 6.96. The van der Waals surface area contributed by atoms with Crippen molar-refractivity contribution in [2.24, 2.45) is 23.7 Å². The van der Waals surface area contributed by atoms with E-state index in [1.807, 2.05) is 0 Å². The van der Waals surface area contributed by atoms with Crippen LogP contribution in [-0.4, -0.2) is 0 Å². The first-order valence-electron chi connectivity index (χ1n) is 21.3. The predicted molar refractivity (Wildman–Crippen MR) is 235 cm³/mol. The second-order valence-corrected chi connectivity index (χ2v) is 18.5. The van der Waals surface area contributed by atoms with E-state index in [0.717, 1.165) is 45.1 Å². The maximum atomic E-state index is 6.79. The first-order valence-corrected chi connectivity index (χ1v) is 21.3. The van der Waals surface area contributed by atoms with Crippen LogP contribution in [0.4, 0.5) is 17.1 Å². The van der Waals surface area contributed by atoms with Crippen LogP contribution in [0.2, 0.25) is 0 Å². The number of benzene rings is 7. The summed E-state index contributed by atoms with van der Waals surface area (Å²) in [5.41, 5.74) is 19.4. The zero-order valence-electron chi connectivity index (χ0n) is 32.6. The Morgan fingerprint density at radius 2 is 1.09 bits per heavy atom. The maximum absolute atomic E-state index is 6.79. The van der Waals surface area contributed by atoms with Gasteiger partial charge < -0.3 is 9.32 Å². The van der Waals surface area contributed by atoms with Crippen LogP contribution < -0.4 is 4.90 Å². The lowest BCUT2D eigenvalue weighted by Gasteiger charge is -2.61. The maximum Gasteiger partial charge on any atom is 0.159 e. The van der Waals surface area contributed by atoms with Gasteiger partial charge in [-0.3, -0.25) is 0 Å². The standard InChI is InChI=1S/C55H45NO/c1-54(2)47-17-6-3-12-42(47)45-15-9-14-40(52(45)54)35-21-23-38(24-22-35)56(50-19-10-16-46-44-13-5-8-20-51(44)57-53(46)50)39-25-26-43-41-11-4-7-18-48(41)55(49(43)32-39)36-28-33-27-34(30-36)31-37(55)29-33/h3-26,32-34,36-37H,27-31H2,1-2H3. The average molecular weight is 736 g/mol. The quantitative estimate of drug-likeness (QED) is 0.179. The molecule has 6 aliphatic carbocycles. The smallest absolute Gasteiger partial charge is 0.159 e. The normalized spacial score (nSPS) is 24.2. The highest BCUT2D eigenvalue weighted by Gasteiger charge is 2.61. The molecule has 276 valence electrons. The van der Waals surface area contributed by atoms with E-state index in [-0.39, 0.29) is 10.8 Å². The summed E-state index contributed by atoms with van der Waals surface area (Å²) >= 11 is 0. The van der Waals surface area contributed by atoms with E-state index in [1.54, 1.807) is 11.1 Å². The minimum Gasteiger partial charge on any atom is -0.454 e. The highest BCUT2D eigenvalue weighted by molar-refractivity contribution is 6.10. The Balaban J connectivity index is 1.01. The Kier molecular flexibility index (Phi) is 6.44. The number of anilines is 3. The molecular formula is C55H45NO. The molecule has 2 nitrogen and oxygen atoms in total. The fraction of sp³-hybridized carbons (Fsp3) is 0.236. The summed E-state index contributed by atoms with van der Waals surface area (Å²) in [6, 6.07) is 57.2. The van der Waals surface area contributed by atoms with Gasteiger partial charge in [-0.2, -0.15) is 0 Å². The molecule has 57 heavy (non-hydrogen) atoms. The average Bonchev–Trinajstić information content (AvgIpc) is 3.85. The van der Waals surface area contributed by atoms with Gasteiger partial charge in [0.05, 0.1) is 5.69 Å². The van der Waals surface area contributed by atoms with Crippen LogP contribution in [0.3, 0.4) is 0 Å². The second kappa shape index (κ2) is 11.4. The number of fused-ring (bicyclic) bond motifs is 9. The molecule has 0 N–H and O–H groups in total. The molecule has 14 rings (SSSR count). The van der Waals surface area contributed by atoms with Crippen molar-refractivity contribution >= 4 is 39.0 Å². The molecule has 1 aromatic heterocycles. The Morgan fingerprint density at radius 1 is 0.491 bits per heavy atom. The summed E-state index contributed by atoms with van der Waals surface area (Å²) < 4.78 is 6.79. The molecule has 0 aliphatic heterocycles. The van der Waals surface area contributed by atoms with E-state index < -0.39 is 0 Å². The molecule has 8 aromatic rings. The van der Waals surface area contributed by atoms with Crippen LogP contribution in [0.15, 0.2) is 156 Å².